The lowest BCUT2D eigenvalue weighted by molar-refractivity contribution is 0.322. The Kier molecular flexibility index (Phi) is 5.15. The molecule has 0 heterocycles. The quantitative estimate of drug-likeness (QED) is 0.832. The van der Waals surface area contributed by atoms with E-state index in [2.05, 4.69) is 4.72 Å². The number of sulfonamides is 1. The molecule has 0 aromatic heterocycles. The molecule has 2 aromatic rings. The third-order valence-corrected chi connectivity index (χ3v) is 4.55. The van der Waals surface area contributed by atoms with E-state index in [1.54, 1.807) is 0 Å². The predicted octanol–water partition coefficient (Wildman–Crippen LogP) is 2.80. The molecule has 0 aliphatic carbocycles. The van der Waals surface area contributed by atoms with Gasteiger partial charge < -0.3 is 4.74 Å². The zero-order valence-corrected chi connectivity index (χ0v) is 13.3. The maximum Gasteiger partial charge on any atom is 0.240 e. The van der Waals surface area contributed by atoms with Crippen LogP contribution in [0.15, 0.2) is 47.4 Å². The SMILES string of the molecule is Cc1cccc(OCCNS(=O)(=O)c2ccc(F)c(C)c2)c1. The number of nitrogens with one attached hydrogen (secondary N) is 1. The summed E-state index contributed by atoms with van der Waals surface area (Å²) in [5.41, 5.74) is 1.36. The summed E-state index contributed by atoms with van der Waals surface area (Å²) in [4.78, 5) is 0.0435. The summed E-state index contributed by atoms with van der Waals surface area (Å²) in [6, 6.07) is 11.2. The molecule has 22 heavy (non-hydrogen) atoms. The third kappa shape index (κ3) is 4.29. The smallest absolute Gasteiger partial charge is 0.240 e. The molecule has 0 saturated heterocycles. The van der Waals surface area contributed by atoms with Crippen LogP contribution in [0.5, 0.6) is 5.75 Å². The van der Waals surface area contributed by atoms with Gasteiger partial charge in [0.05, 0.1) is 4.90 Å². The van der Waals surface area contributed by atoms with Crippen molar-refractivity contribution in [3.63, 3.8) is 0 Å². The molecule has 4 nitrogen and oxygen atoms in total. The van der Waals surface area contributed by atoms with Crippen molar-refractivity contribution >= 4 is 10.0 Å². The van der Waals surface area contributed by atoms with Gasteiger partial charge in [0.2, 0.25) is 10.0 Å². The molecule has 2 rings (SSSR count). The molecule has 0 aliphatic heterocycles. The van der Waals surface area contributed by atoms with Gasteiger partial charge in [0, 0.05) is 6.54 Å². The van der Waals surface area contributed by atoms with Crippen LogP contribution in [0.4, 0.5) is 4.39 Å². The van der Waals surface area contributed by atoms with Crippen molar-refractivity contribution in [3.05, 3.63) is 59.4 Å². The van der Waals surface area contributed by atoms with E-state index in [-0.39, 0.29) is 18.0 Å². The standard InChI is InChI=1S/C16H18FNO3S/c1-12-4-3-5-14(10-12)21-9-8-18-22(19,20)15-6-7-16(17)13(2)11-15/h3-7,10-11,18H,8-9H2,1-2H3. The van der Waals surface area contributed by atoms with Crippen LogP contribution in [-0.2, 0) is 10.0 Å². The van der Waals surface area contributed by atoms with E-state index in [1.807, 2.05) is 31.2 Å². The highest BCUT2D eigenvalue weighted by atomic mass is 32.2. The molecule has 0 atom stereocenters. The lowest BCUT2D eigenvalue weighted by Crippen LogP contribution is -2.28. The van der Waals surface area contributed by atoms with E-state index in [1.165, 1.54) is 19.1 Å². The molecule has 0 bridgehead atoms. The maximum absolute atomic E-state index is 13.2. The molecule has 0 saturated carbocycles. The molecule has 0 radical (unpaired) electrons. The Balaban J connectivity index is 1.91. The summed E-state index contributed by atoms with van der Waals surface area (Å²) >= 11 is 0. The molecule has 0 spiro atoms. The van der Waals surface area contributed by atoms with Crippen molar-refractivity contribution in [1.29, 1.82) is 0 Å². The van der Waals surface area contributed by atoms with E-state index in [0.717, 1.165) is 11.6 Å². The molecule has 0 fully saturated rings. The van der Waals surface area contributed by atoms with Crippen LogP contribution in [0.3, 0.4) is 0 Å². The van der Waals surface area contributed by atoms with E-state index >= 15 is 0 Å². The zero-order chi connectivity index (χ0) is 16.2. The van der Waals surface area contributed by atoms with Crippen molar-refractivity contribution in [2.24, 2.45) is 0 Å². The second-order valence-electron chi connectivity index (χ2n) is 4.97. The molecule has 118 valence electrons. The minimum Gasteiger partial charge on any atom is -0.492 e. The highest BCUT2D eigenvalue weighted by Crippen LogP contribution is 2.14. The fourth-order valence-corrected chi connectivity index (χ4v) is 3.02. The van der Waals surface area contributed by atoms with Crippen molar-refractivity contribution in [3.8, 4) is 5.75 Å². The van der Waals surface area contributed by atoms with Gasteiger partial charge in [-0.1, -0.05) is 12.1 Å². The van der Waals surface area contributed by atoms with Crippen molar-refractivity contribution in [1.82, 2.24) is 4.72 Å². The van der Waals surface area contributed by atoms with Crippen LogP contribution >= 0.6 is 0 Å². The molecule has 0 unspecified atom stereocenters. The number of hydrogen-bond acceptors (Lipinski definition) is 3. The predicted molar refractivity (Wildman–Crippen MR) is 83.0 cm³/mol. The fourth-order valence-electron chi connectivity index (χ4n) is 1.92. The van der Waals surface area contributed by atoms with Gasteiger partial charge in [-0.25, -0.2) is 17.5 Å². The van der Waals surface area contributed by atoms with Gasteiger partial charge in [-0.2, -0.15) is 0 Å². The topological polar surface area (TPSA) is 55.4 Å². The molecular formula is C16H18FNO3S. The number of halogens is 1. The average molecular weight is 323 g/mol. The molecule has 1 N–H and O–H groups in total. The fraction of sp³-hybridized carbons (Fsp3) is 0.250. The minimum atomic E-state index is -3.66. The molecule has 6 heteroatoms. The summed E-state index contributed by atoms with van der Waals surface area (Å²) in [6.45, 7) is 3.82. The first-order chi connectivity index (χ1) is 10.4. The molecular weight excluding hydrogens is 305 g/mol. The van der Waals surface area contributed by atoms with Crippen LogP contribution in [0.25, 0.3) is 0 Å². The van der Waals surface area contributed by atoms with Crippen LogP contribution < -0.4 is 9.46 Å². The van der Waals surface area contributed by atoms with Crippen LogP contribution in [-0.4, -0.2) is 21.6 Å². The number of ether oxygens (including phenoxy) is 1. The second kappa shape index (κ2) is 6.89. The van der Waals surface area contributed by atoms with Crippen LogP contribution in [0, 0.1) is 19.7 Å². The lowest BCUT2D eigenvalue weighted by Gasteiger charge is -2.09. The molecule has 2 aromatic carbocycles. The van der Waals surface area contributed by atoms with E-state index < -0.39 is 15.8 Å². The van der Waals surface area contributed by atoms with E-state index in [9.17, 15) is 12.8 Å². The number of aryl methyl sites for hydroxylation is 2. The van der Waals surface area contributed by atoms with Gasteiger partial charge in [-0.15, -0.1) is 0 Å². The first-order valence-corrected chi connectivity index (χ1v) is 8.32. The Morgan fingerprint density at radius 1 is 1.14 bits per heavy atom. The first kappa shape index (κ1) is 16.5. The Labute approximate surface area is 130 Å². The van der Waals surface area contributed by atoms with Gasteiger partial charge in [-0.05, 0) is 55.3 Å². The Morgan fingerprint density at radius 2 is 1.91 bits per heavy atom. The summed E-state index contributed by atoms with van der Waals surface area (Å²) in [5, 5.41) is 0. The minimum absolute atomic E-state index is 0.0435. The summed E-state index contributed by atoms with van der Waals surface area (Å²) in [7, 11) is -3.66. The van der Waals surface area contributed by atoms with Gasteiger partial charge in [-0.3, -0.25) is 0 Å². The highest BCUT2D eigenvalue weighted by Gasteiger charge is 2.14. The van der Waals surface area contributed by atoms with E-state index in [4.69, 9.17) is 4.74 Å². The number of benzene rings is 2. The second-order valence-corrected chi connectivity index (χ2v) is 6.74. The first-order valence-electron chi connectivity index (χ1n) is 6.84. The van der Waals surface area contributed by atoms with Gasteiger partial charge in [0.25, 0.3) is 0 Å². The Bertz CT molecular complexity index is 760. The van der Waals surface area contributed by atoms with Gasteiger partial charge >= 0.3 is 0 Å². The van der Waals surface area contributed by atoms with Crippen LogP contribution in [0.1, 0.15) is 11.1 Å². The van der Waals surface area contributed by atoms with Crippen molar-refractivity contribution in [2.75, 3.05) is 13.2 Å². The summed E-state index contributed by atoms with van der Waals surface area (Å²) < 4.78 is 45.2. The largest absolute Gasteiger partial charge is 0.492 e. The lowest BCUT2D eigenvalue weighted by atomic mass is 10.2. The van der Waals surface area contributed by atoms with Gasteiger partial charge in [0.15, 0.2) is 0 Å². The third-order valence-electron chi connectivity index (χ3n) is 3.09. The van der Waals surface area contributed by atoms with E-state index in [0.29, 0.717) is 11.3 Å². The molecule has 0 amide bonds. The Morgan fingerprint density at radius 3 is 2.59 bits per heavy atom. The normalized spacial score (nSPS) is 11.4. The Hall–Kier alpha value is -1.92. The maximum atomic E-state index is 13.2. The van der Waals surface area contributed by atoms with Crippen molar-refractivity contribution < 1.29 is 17.5 Å². The van der Waals surface area contributed by atoms with Crippen LogP contribution in [0.2, 0.25) is 0 Å². The van der Waals surface area contributed by atoms with Crippen molar-refractivity contribution in [2.45, 2.75) is 18.7 Å². The zero-order valence-electron chi connectivity index (χ0n) is 12.5. The summed E-state index contributed by atoms with van der Waals surface area (Å²) in [5.74, 6) is 0.263. The van der Waals surface area contributed by atoms with Gasteiger partial charge in [0.1, 0.15) is 18.2 Å². The number of rotatable bonds is 6. The number of hydrogen-bond donors (Lipinski definition) is 1. The molecule has 0 aliphatic rings. The average Bonchev–Trinajstić information content (AvgIpc) is 2.46. The summed E-state index contributed by atoms with van der Waals surface area (Å²) in [6.07, 6.45) is 0. The monoisotopic (exact) mass is 323 g/mol. The highest BCUT2D eigenvalue weighted by molar-refractivity contribution is 7.89.